The lowest BCUT2D eigenvalue weighted by molar-refractivity contribution is -0.137. The van der Waals surface area contributed by atoms with Crippen LogP contribution in [0.4, 0.5) is 5.69 Å². The van der Waals surface area contributed by atoms with E-state index >= 15 is 0 Å². The van der Waals surface area contributed by atoms with Crippen molar-refractivity contribution in [2.75, 3.05) is 50.4 Å². The lowest BCUT2D eigenvalue weighted by Crippen LogP contribution is -2.54. The third-order valence-corrected chi connectivity index (χ3v) is 8.56. The minimum atomic E-state index is -3.35. The van der Waals surface area contributed by atoms with Gasteiger partial charge in [0, 0.05) is 50.0 Å². The van der Waals surface area contributed by atoms with Crippen molar-refractivity contribution in [3.8, 4) is 0 Å². The highest BCUT2D eigenvalue weighted by Crippen LogP contribution is 2.37. The van der Waals surface area contributed by atoms with Crippen molar-refractivity contribution in [2.24, 2.45) is 5.92 Å². The molecular weight excluding hydrogens is 458 g/mol. The molecule has 0 aliphatic carbocycles. The van der Waals surface area contributed by atoms with Gasteiger partial charge in [-0.1, -0.05) is 41.9 Å². The van der Waals surface area contributed by atoms with E-state index in [2.05, 4.69) is 30.9 Å². The molecule has 1 amide bonds. The maximum atomic E-state index is 13.7. The molecule has 8 heteroatoms. The van der Waals surface area contributed by atoms with Crippen molar-refractivity contribution < 1.29 is 13.2 Å². The van der Waals surface area contributed by atoms with Gasteiger partial charge in [0.2, 0.25) is 15.9 Å². The topological polar surface area (TPSA) is 60.9 Å². The van der Waals surface area contributed by atoms with Gasteiger partial charge in [-0.05, 0) is 55.0 Å². The monoisotopic (exact) mass is 489 g/mol. The van der Waals surface area contributed by atoms with Crippen LogP contribution in [0.5, 0.6) is 0 Å². The quantitative estimate of drug-likeness (QED) is 0.657. The van der Waals surface area contributed by atoms with Gasteiger partial charge in [0.25, 0.3) is 0 Å². The summed E-state index contributed by atoms with van der Waals surface area (Å²) in [6.45, 7) is 7.49. The zero-order valence-electron chi connectivity index (χ0n) is 19.5. The number of hydrogen-bond acceptors (Lipinski definition) is 4. The summed E-state index contributed by atoms with van der Waals surface area (Å²) in [7, 11) is -3.35. The van der Waals surface area contributed by atoms with E-state index in [1.807, 2.05) is 35.2 Å². The van der Waals surface area contributed by atoms with Crippen molar-refractivity contribution in [3.05, 3.63) is 64.2 Å². The number of carbonyl (C=O) groups excluding carboxylic acids is 1. The van der Waals surface area contributed by atoms with Crippen LogP contribution >= 0.6 is 11.6 Å². The Bertz CT molecular complexity index is 1130. The summed E-state index contributed by atoms with van der Waals surface area (Å²) in [6, 6.07) is 14.0. The molecule has 4 rings (SSSR count). The zero-order valence-corrected chi connectivity index (χ0v) is 21.1. The van der Waals surface area contributed by atoms with Gasteiger partial charge in [-0.2, -0.15) is 0 Å². The van der Waals surface area contributed by atoms with Gasteiger partial charge in [0.05, 0.1) is 12.2 Å². The van der Waals surface area contributed by atoms with Crippen LogP contribution in [-0.2, 0) is 14.8 Å². The first-order chi connectivity index (χ1) is 15.6. The van der Waals surface area contributed by atoms with Crippen molar-refractivity contribution in [1.82, 2.24) is 9.21 Å². The van der Waals surface area contributed by atoms with E-state index in [0.29, 0.717) is 31.1 Å². The summed E-state index contributed by atoms with van der Waals surface area (Å²) < 4.78 is 26.0. The van der Waals surface area contributed by atoms with Crippen molar-refractivity contribution in [1.29, 1.82) is 0 Å². The predicted octanol–water partition coefficient (Wildman–Crippen LogP) is 3.67. The Balaban J connectivity index is 1.53. The number of benzene rings is 2. The number of carbonyl (C=O) groups is 1. The molecule has 0 unspecified atom stereocenters. The number of sulfonamides is 1. The molecule has 2 aliphatic rings. The van der Waals surface area contributed by atoms with Crippen LogP contribution in [0.2, 0.25) is 5.02 Å². The second-order valence-corrected chi connectivity index (χ2v) is 11.6. The van der Waals surface area contributed by atoms with Crippen LogP contribution in [0, 0.1) is 19.8 Å². The molecule has 0 N–H and O–H groups in total. The Morgan fingerprint density at radius 3 is 2.33 bits per heavy atom. The van der Waals surface area contributed by atoms with Crippen LogP contribution in [0.15, 0.2) is 42.5 Å². The molecule has 6 nitrogen and oxygen atoms in total. The Labute approximate surface area is 202 Å². The Morgan fingerprint density at radius 2 is 1.67 bits per heavy atom. The first kappa shape index (κ1) is 24.0. The number of piperazine rings is 1. The Morgan fingerprint density at radius 1 is 0.970 bits per heavy atom. The fourth-order valence-corrected chi connectivity index (χ4v) is 6.21. The van der Waals surface area contributed by atoms with Gasteiger partial charge in [-0.15, -0.1) is 0 Å². The molecule has 0 radical (unpaired) electrons. The first-order valence-corrected chi connectivity index (χ1v) is 13.7. The minimum absolute atomic E-state index is 0.0184. The molecule has 0 aromatic heterocycles. The number of amides is 1. The number of piperidine rings is 1. The molecule has 2 fully saturated rings. The van der Waals surface area contributed by atoms with Gasteiger partial charge in [0.15, 0.2) is 0 Å². The zero-order chi connectivity index (χ0) is 23.8. The summed E-state index contributed by atoms with van der Waals surface area (Å²) in [5.41, 5.74) is 4.56. The third kappa shape index (κ3) is 5.20. The standard InChI is InChI=1S/C25H32ClN3O3S/c1-18-6-4-5-7-21(18)22-10-11-29(33(3,31)32)17-23(22)25(30)28-14-12-27(13-15-28)24-16-20(26)9-8-19(24)2/h4-9,16,22-23H,10-15,17H2,1-3H3/t22-,23-/m1/s1. The van der Waals surface area contributed by atoms with E-state index in [0.717, 1.165) is 35.5 Å². The van der Waals surface area contributed by atoms with E-state index in [-0.39, 0.29) is 24.3 Å². The number of nitrogens with zero attached hydrogens (tertiary/aromatic N) is 3. The largest absolute Gasteiger partial charge is 0.368 e. The molecule has 0 saturated carbocycles. The number of halogens is 1. The molecule has 0 spiro atoms. The smallest absolute Gasteiger partial charge is 0.227 e. The van der Waals surface area contributed by atoms with E-state index in [1.165, 1.54) is 10.6 Å². The molecular formula is C25H32ClN3O3S. The summed E-state index contributed by atoms with van der Waals surface area (Å²) in [5.74, 6) is -0.307. The molecule has 0 bridgehead atoms. The molecule has 2 saturated heterocycles. The summed E-state index contributed by atoms with van der Waals surface area (Å²) >= 11 is 6.21. The van der Waals surface area contributed by atoms with Gasteiger partial charge in [0.1, 0.15) is 0 Å². The van der Waals surface area contributed by atoms with Gasteiger partial charge < -0.3 is 9.80 Å². The average Bonchev–Trinajstić information content (AvgIpc) is 2.80. The number of rotatable bonds is 4. The molecule has 33 heavy (non-hydrogen) atoms. The van der Waals surface area contributed by atoms with Gasteiger partial charge >= 0.3 is 0 Å². The lowest BCUT2D eigenvalue weighted by Gasteiger charge is -2.42. The van der Waals surface area contributed by atoms with Crippen molar-refractivity contribution in [2.45, 2.75) is 26.2 Å². The Hall–Kier alpha value is -2.09. The maximum absolute atomic E-state index is 13.7. The van der Waals surface area contributed by atoms with Gasteiger partial charge in [-0.25, -0.2) is 12.7 Å². The molecule has 2 aromatic carbocycles. The van der Waals surface area contributed by atoms with E-state index in [9.17, 15) is 13.2 Å². The molecule has 2 heterocycles. The summed E-state index contributed by atoms with van der Waals surface area (Å²) in [4.78, 5) is 17.9. The predicted molar refractivity (Wildman–Crippen MR) is 133 cm³/mol. The van der Waals surface area contributed by atoms with Crippen LogP contribution in [0.1, 0.15) is 29.0 Å². The molecule has 2 aromatic rings. The van der Waals surface area contributed by atoms with Crippen LogP contribution in [-0.4, -0.2) is 69.1 Å². The van der Waals surface area contributed by atoms with E-state index in [4.69, 9.17) is 11.6 Å². The maximum Gasteiger partial charge on any atom is 0.227 e. The highest BCUT2D eigenvalue weighted by atomic mass is 35.5. The number of hydrogen-bond donors (Lipinski definition) is 0. The van der Waals surface area contributed by atoms with Gasteiger partial charge in [-0.3, -0.25) is 4.79 Å². The Kier molecular flexibility index (Phi) is 7.03. The van der Waals surface area contributed by atoms with Crippen molar-refractivity contribution in [3.63, 3.8) is 0 Å². The highest BCUT2D eigenvalue weighted by Gasteiger charge is 2.40. The molecule has 178 valence electrons. The SMILES string of the molecule is Cc1ccccc1[C@H]1CCN(S(C)(=O)=O)C[C@H]1C(=O)N1CCN(c2cc(Cl)ccc2C)CC1. The van der Waals surface area contributed by atoms with Crippen LogP contribution in [0.3, 0.4) is 0 Å². The number of anilines is 1. The van der Waals surface area contributed by atoms with Crippen LogP contribution < -0.4 is 4.90 Å². The lowest BCUT2D eigenvalue weighted by atomic mass is 9.78. The molecule has 2 atom stereocenters. The number of aryl methyl sites for hydroxylation is 2. The fourth-order valence-electron chi connectivity index (χ4n) is 5.17. The third-order valence-electron chi connectivity index (χ3n) is 7.05. The minimum Gasteiger partial charge on any atom is -0.368 e. The normalized spacial score (nSPS) is 22.4. The van der Waals surface area contributed by atoms with Crippen molar-refractivity contribution >= 4 is 33.2 Å². The molecule has 2 aliphatic heterocycles. The average molecular weight is 490 g/mol. The van der Waals surface area contributed by atoms with Crippen LogP contribution in [0.25, 0.3) is 0 Å². The highest BCUT2D eigenvalue weighted by molar-refractivity contribution is 7.88. The van der Waals surface area contributed by atoms with E-state index < -0.39 is 10.0 Å². The fraction of sp³-hybridized carbons (Fsp3) is 0.480. The second-order valence-electron chi connectivity index (χ2n) is 9.22. The summed E-state index contributed by atoms with van der Waals surface area (Å²) in [5, 5.41) is 0.707. The van der Waals surface area contributed by atoms with E-state index in [1.54, 1.807) is 0 Å². The first-order valence-electron chi connectivity index (χ1n) is 11.5. The summed E-state index contributed by atoms with van der Waals surface area (Å²) in [6.07, 6.45) is 1.88. The second kappa shape index (κ2) is 9.65.